The summed E-state index contributed by atoms with van der Waals surface area (Å²) in [5, 5.41) is 0.889. The number of aryl methyl sites for hydroxylation is 3. The molecule has 26 heavy (non-hydrogen) atoms. The van der Waals surface area contributed by atoms with Gasteiger partial charge in [0.05, 0.1) is 11.3 Å². The molecule has 2 N–H and O–H groups in total. The molecular formula is C20H22N2O3S. The molecule has 136 valence electrons. The Morgan fingerprint density at radius 2 is 1.81 bits per heavy atom. The summed E-state index contributed by atoms with van der Waals surface area (Å²) in [6.07, 6.45) is 0. The summed E-state index contributed by atoms with van der Waals surface area (Å²) in [6.45, 7) is 5.83. The van der Waals surface area contributed by atoms with Crippen LogP contribution in [-0.2, 0) is 22.3 Å². The third-order valence-corrected chi connectivity index (χ3v) is 5.85. The van der Waals surface area contributed by atoms with Crippen LogP contribution in [0.3, 0.4) is 0 Å². The molecule has 2 aromatic carbocycles. The van der Waals surface area contributed by atoms with Gasteiger partial charge in [0.2, 0.25) is 10.0 Å². The first-order valence-electron chi connectivity index (χ1n) is 8.40. The molecule has 0 unspecified atom stereocenters. The summed E-state index contributed by atoms with van der Waals surface area (Å²) in [4.78, 5) is 15.2. The fourth-order valence-corrected chi connectivity index (χ4v) is 4.06. The number of sulfonamides is 1. The van der Waals surface area contributed by atoms with Crippen molar-refractivity contribution in [2.75, 3.05) is 0 Å². The van der Waals surface area contributed by atoms with E-state index in [2.05, 4.69) is 9.71 Å². The quantitative estimate of drug-likeness (QED) is 0.724. The Balaban J connectivity index is 1.82. The fourth-order valence-electron chi connectivity index (χ4n) is 2.96. The number of rotatable bonds is 5. The number of fused-ring (bicyclic) bond motifs is 1. The van der Waals surface area contributed by atoms with Gasteiger partial charge in [-0.2, -0.15) is 0 Å². The van der Waals surface area contributed by atoms with Crippen molar-refractivity contribution in [2.24, 2.45) is 0 Å². The molecule has 3 rings (SSSR count). The van der Waals surface area contributed by atoms with Gasteiger partial charge in [0.25, 0.3) is 5.56 Å². The van der Waals surface area contributed by atoms with E-state index in [1.807, 2.05) is 51.1 Å². The normalized spacial score (nSPS) is 11.8. The van der Waals surface area contributed by atoms with E-state index in [-0.39, 0.29) is 17.9 Å². The van der Waals surface area contributed by atoms with Gasteiger partial charge < -0.3 is 4.98 Å². The van der Waals surface area contributed by atoms with Gasteiger partial charge in [-0.25, -0.2) is 13.1 Å². The highest BCUT2D eigenvalue weighted by molar-refractivity contribution is 7.88. The molecule has 5 nitrogen and oxygen atoms in total. The number of hydrogen-bond acceptors (Lipinski definition) is 3. The summed E-state index contributed by atoms with van der Waals surface area (Å²) in [6, 6.07) is 13.0. The van der Waals surface area contributed by atoms with E-state index in [4.69, 9.17) is 0 Å². The van der Waals surface area contributed by atoms with E-state index < -0.39 is 10.0 Å². The third kappa shape index (κ3) is 4.03. The summed E-state index contributed by atoms with van der Waals surface area (Å²) < 4.78 is 27.2. The van der Waals surface area contributed by atoms with E-state index >= 15 is 0 Å². The van der Waals surface area contributed by atoms with Gasteiger partial charge in [-0.3, -0.25) is 4.79 Å². The highest BCUT2D eigenvalue weighted by Crippen LogP contribution is 2.19. The first kappa shape index (κ1) is 18.4. The van der Waals surface area contributed by atoms with Crippen LogP contribution in [0.1, 0.15) is 27.8 Å². The number of aromatic amines is 1. The molecule has 0 aliphatic carbocycles. The van der Waals surface area contributed by atoms with Crippen LogP contribution in [0.2, 0.25) is 0 Å². The molecule has 0 spiro atoms. The Kier molecular flexibility index (Phi) is 4.98. The molecule has 0 amide bonds. The maximum Gasteiger partial charge on any atom is 0.252 e. The summed E-state index contributed by atoms with van der Waals surface area (Å²) in [5.74, 6) is -0.113. The summed E-state index contributed by atoms with van der Waals surface area (Å²) in [7, 11) is -3.54. The topological polar surface area (TPSA) is 79.0 Å². The SMILES string of the molecule is Cc1cccc(CS(=O)(=O)NCc2cc3ccc(C)c(C)c3[nH]c2=O)c1. The van der Waals surface area contributed by atoms with Gasteiger partial charge in [0.15, 0.2) is 0 Å². The van der Waals surface area contributed by atoms with Crippen LogP contribution in [0.15, 0.2) is 47.3 Å². The van der Waals surface area contributed by atoms with Gasteiger partial charge in [0.1, 0.15) is 0 Å². The van der Waals surface area contributed by atoms with E-state index in [0.717, 1.165) is 33.2 Å². The first-order valence-corrected chi connectivity index (χ1v) is 10.1. The van der Waals surface area contributed by atoms with Crippen LogP contribution >= 0.6 is 0 Å². The van der Waals surface area contributed by atoms with E-state index in [9.17, 15) is 13.2 Å². The standard InChI is InChI=1S/C20H22N2O3S/c1-13-5-4-6-16(9-13)12-26(24,25)21-11-18-10-17-8-7-14(2)15(3)19(17)22-20(18)23/h4-10,21H,11-12H2,1-3H3,(H,22,23). The van der Waals surface area contributed by atoms with Crippen LogP contribution in [0.25, 0.3) is 10.9 Å². The van der Waals surface area contributed by atoms with Crippen LogP contribution < -0.4 is 10.3 Å². The van der Waals surface area contributed by atoms with Crippen molar-refractivity contribution in [3.8, 4) is 0 Å². The number of pyridine rings is 1. The summed E-state index contributed by atoms with van der Waals surface area (Å²) in [5.41, 5.74) is 4.76. The first-order chi connectivity index (χ1) is 12.2. The minimum absolute atomic E-state index is 0.0354. The largest absolute Gasteiger partial charge is 0.321 e. The molecule has 6 heteroatoms. The van der Waals surface area contributed by atoms with Gasteiger partial charge in [0, 0.05) is 12.1 Å². The smallest absolute Gasteiger partial charge is 0.252 e. The van der Waals surface area contributed by atoms with E-state index in [1.54, 1.807) is 12.1 Å². The average molecular weight is 370 g/mol. The van der Waals surface area contributed by atoms with E-state index in [0.29, 0.717) is 5.56 Å². The molecule has 0 radical (unpaired) electrons. The molecule has 3 aromatic rings. The Morgan fingerprint density at radius 3 is 2.54 bits per heavy atom. The lowest BCUT2D eigenvalue weighted by molar-refractivity contribution is 0.580. The second kappa shape index (κ2) is 7.05. The molecule has 1 heterocycles. The van der Waals surface area contributed by atoms with Crippen molar-refractivity contribution in [3.63, 3.8) is 0 Å². The highest BCUT2D eigenvalue weighted by Gasteiger charge is 2.13. The molecule has 1 aromatic heterocycles. The molecule has 0 aliphatic rings. The van der Waals surface area contributed by atoms with Crippen LogP contribution in [-0.4, -0.2) is 13.4 Å². The van der Waals surface area contributed by atoms with Crippen LogP contribution in [0, 0.1) is 20.8 Å². The van der Waals surface area contributed by atoms with Crippen molar-refractivity contribution in [2.45, 2.75) is 33.1 Å². The maximum absolute atomic E-state index is 12.3. The lowest BCUT2D eigenvalue weighted by Crippen LogP contribution is -2.28. The number of benzene rings is 2. The molecule has 0 fully saturated rings. The van der Waals surface area contributed by atoms with Crippen molar-refractivity contribution in [3.05, 3.63) is 80.6 Å². The molecule has 0 atom stereocenters. The zero-order chi connectivity index (χ0) is 18.9. The van der Waals surface area contributed by atoms with Crippen LogP contribution in [0.4, 0.5) is 0 Å². The fraction of sp³-hybridized carbons (Fsp3) is 0.250. The van der Waals surface area contributed by atoms with E-state index in [1.165, 1.54) is 0 Å². The highest BCUT2D eigenvalue weighted by atomic mass is 32.2. The van der Waals surface area contributed by atoms with Gasteiger partial charge in [-0.1, -0.05) is 42.0 Å². The Bertz CT molecular complexity index is 1130. The zero-order valence-corrected chi connectivity index (χ0v) is 15.9. The number of H-pyrrole nitrogens is 1. The number of aromatic nitrogens is 1. The monoisotopic (exact) mass is 370 g/mol. The van der Waals surface area contributed by atoms with Gasteiger partial charge in [-0.15, -0.1) is 0 Å². The number of hydrogen-bond donors (Lipinski definition) is 2. The third-order valence-electron chi connectivity index (χ3n) is 4.55. The Morgan fingerprint density at radius 1 is 1.04 bits per heavy atom. The van der Waals surface area contributed by atoms with Gasteiger partial charge in [-0.05, 0) is 48.9 Å². The van der Waals surface area contributed by atoms with Crippen molar-refractivity contribution in [1.29, 1.82) is 0 Å². The minimum atomic E-state index is -3.54. The molecule has 0 bridgehead atoms. The number of nitrogens with one attached hydrogen (secondary N) is 2. The predicted octanol–water partition coefficient (Wildman–Crippen LogP) is 3.07. The van der Waals surface area contributed by atoms with Crippen molar-refractivity contribution in [1.82, 2.24) is 9.71 Å². The zero-order valence-electron chi connectivity index (χ0n) is 15.1. The molecule has 0 saturated heterocycles. The predicted molar refractivity (Wildman–Crippen MR) is 105 cm³/mol. The molecular weight excluding hydrogens is 348 g/mol. The second-order valence-electron chi connectivity index (χ2n) is 6.66. The molecule has 0 aliphatic heterocycles. The minimum Gasteiger partial charge on any atom is -0.321 e. The van der Waals surface area contributed by atoms with Crippen LogP contribution in [0.5, 0.6) is 0 Å². The van der Waals surface area contributed by atoms with Crippen molar-refractivity contribution >= 4 is 20.9 Å². The lowest BCUT2D eigenvalue weighted by atomic mass is 10.0. The lowest BCUT2D eigenvalue weighted by Gasteiger charge is -2.10. The average Bonchev–Trinajstić information content (AvgIpc) is 2.57. The summed E-state index contributed by atoms with van der Waals surface area (Å²) >= 11 is 0. The molecule has 0 saturated carbocycles. The van der Waals surface area contributed by atoms with Crippen molar-refractivity contribution < 1.29 is 8.42 Å². The van der Waals surface area contributed by atoms with Gasteiger partial charge >= 0.3 is 0 Å². The Labute approximate surface area is 153 Å². The Hall–Kier alpha value is -2.44. The second-order valence-corrected chi connectivity index (χ2v) is 8.47. The maximum atomic E-state index is 12.3.